The van der Waals surface area contributed by atoms with Crippen LogP contribution in [0.2, 0.25) is 5.02 Å². The summed E-state index contributed by atoms with van der Waals surface area (Å²) in [5.74, 6) is 0.764. The summed E-state index contributed by atoms with van der Waals surface area (Å²) in [5.41, 5.74) is 3.87. The van der Waals surface area contributed by atoms with E-state index in [4.69, 9.17) is 21.1 Å². The third kappa shape index (κ3) is 5.65. The normalized spacial score (nSPS) is 10.6. The molecule has 2 aromatic rings. The van der Waals surface area contributed by atoms with Crippen molar-refractivity contribution < 1.29 is 14.3 Å². The van der Waals surface area contributed by atoms with Crippen molar-refractivity contribution in [3.63, 3.8) is 0 Å². The summed E-state index contributed by atoms with van der Waals surface area (Å²) in [6.07, 6.45) is 1.45. The van der Waals surface area contributed by atoms with Crippen molar-refractivity contribution in [1.29, 1.82) is 0 Å². The predicted molar refractivity (Wildman–Crippen MR) is 103 cm³/mol. The number of benzene rings is 2. The summed E-state index contributed by atoms with van der Waals surface area (Å²) in [6, 6.07) is 10.8. The highest BCUT2D eigenvalue weighted by Gasteiger charge is 2.08. The minimum Gasteiger partial charge on any atom is -0.493 e. The zero-order valence-electron chi connectivity index (χ0n) is 13.7. The molecule has 0 unspecified atom stereocenters. The smallest absolute Gasteiger partial charge is 0.259 e. The molecule has 0 saturated carbocycles. The summed E-state index contributed by atoms with van der Waals surface area (Å²) >= 11 is 9.50. The van der Waals surface area contributed by atoms with Crippen LogP contribution in [0, 0.1) is 0 Å². The van der Waals surface area contributed by atoms with Gasteiger partial charge in [0.05, 0.1) is 32.0 Å². The molecule has 0 aromatic heterocycles. The lowest BCUT2D eigenvalue weighted by Crippen LogP contribution is -2.25. The van der Waals surface area contributed by atoms with Crippen LogP contribution in [0.1, 0.15) is 5.56 Å². The molecule has 0 saturated heterocycles. The molecular formula is C17H17BrClN3O3. The number of methoxy groups -OCH3 is 2. The number of halogens is 2. The second kappa shape index (κ2) is 9.29. The fraction of sp³-hybridized carbons (Fsp3) is 0.176. The van der Waals surface area contributed by atoms with Crippen molar-refractivity contribution in [2.45, 2.75) is 0 Å². The number of nitrogens with one attached hydrogen (secondary N) is 2. The highest BCUT2D eigenvalue weighted by Crippen LogP contribution is 2.32. The van der Waals surface area contributed by atoms with Gasteiger partial charge in [0.15, 0.2) is 11.5 Å². The van der Waals surface area contributed by atoms with E-state index in [-0.39, 0.29) is 12.5 Å². The first-order valence-corrected chi connectivity index (χ1v) is 8.43. The van der Waals surface area contributed by atoms with E-state index in [2.05, 4.69) is 31.8 Å². The summed E-state index contributed by atoms with van der Waals surface area (Å²) in [7, 11) is 3.06. The molecule has 2 aromatic carbocycles. The molecule has 0 fully saturated rings. The number of rotatable bonds is 7. The van der Waals surface area contributed by atoms with E-state index in [1.54, 1.807) is 12.1 Å². The monoisotopic (exact) mass is 425 g/mol. The van der Waals surface area contributed by atoms with Crippen molar-refractivity contribution in [1.82, 2.24) is 5.43 Å². The number of hydrazone groups is 1. The Bertz CT molecular complexity index is 766. The van der Waals surface area contributed by atoms with Gasteiger partial charge in [0.1, 0.15) is 0 Å². The van der Waals surface area contributed by atoms with Crippen LogP contribution in [0.5, 0.6) is 11.5 Å². The van der Waals surface area contributed by atoms with Crippen LogP contribution in [-0.4, -0.2) is 32.9 Å². The lowest BCUT2D eigenvalue weighted by atomic mass is 10.2. The quantitative estimate of drug-likeness (QED) is 0.523. The molecule has 0 aliphatic carbocycles. The van der Waals surface area contributed by atoms with Gasteiger partial charge in [-0.25, -0.2) is 5.43 Å². The Hall–Kier alpha value is -2.25. The number of amides is 1. The summed E-state index contributed by atoms with van der Waals surface area (Å²) < 4.78 is 11.3. The van der Waals surface area contributed by atoms with E-state index in [1.165, 1.54) is 20.4 Å². The molecular weight excluding hydrogens is 410 g/mol. The van der Waals surface area contributed by atoms with Gasteiger partial charge < -0.3 is 14.8 Å². The largest absolute Gasteiger partial charge is 0.493 e. The first-order chi connectivity index (χ1) is 12.0. The van der Waals surface area contributed by atoms with Gasteiger partial charge in [-0.1, -0.05) is 27.5 Å². The average Bonchev–Trinajstić information content (AvgIpc) is 2.62. The molecule has 2 N–H and O–H groups in total. The van der Waals surface area contributed by atoms with E-state index in [9.17, 15) is 4.79 Å². The SMILES string of the molecule is COc1cc(Cl)c(/C=N\NC(=O)CNc2ccc(Br)cc2)cc1OC. The standard InChI is InChI=1S/C17H17BrClN3O3/c1-24-15-7-11(14(19)8-16(15)25-2)9-21-22-17(23)10-20-13-5-3-12(18)4-6-13/h3-9,20H,10H2,1-2H3,(H,22,23)/b21-9-. The van der Waals surface area contributed by atoms with E-state index in [1.807, 2.05) is 24.3 Å². The van der Waals surface area contributed by atoms with Crippen LogP contribution in [0.15, 0.2) is 46.0 Å². The first-order valence-electron chi connectivity index (χ1n) is 7.26. The Morgan fingerprint density at radius 1 is 1.20 bits per heavy atom. The second-order valence-electron chi connectivity index (χ2n) is 4.88. The zero-order valence-corrected chi connectivity index (χ0v) is 16.0. The number of nitrogens with zero attached hydrogens (tertiary/aromatic N) is 1. The molecule has 132 valence electrons. The van der Waals surface area contributed by atoms with E-state index < -0.39 is 0 Å². The molecule has 25 heavy (non-hydrogen) atoms. The lowest BCUT2D eigenvalue weighted by molar-refractivity contribution is -0.119. The number of anilines is 1. The molecule has 0 bridgehead atoms. The van der Waals surface area contributed by atoms with E-state index >= 15 is 0 Å². The minimum atomic E-state index is -0.282. The fourth-order valence-corrected chi connectivity index (χ4v) is 2.40. The third-order valence-electron chi connectivity index (χ3n) is 3.19. The summed E-state index contributed by atoms with van der Waals surface area (Å²) in [4.78, 5) is 11.8. The molecule has 1 amide bonds. The van der Waals surface area contributed by atoms with Crippen molar-refractivity contribution >= 4 is 45.3 Å². The number of ether oxygens (including phenoxy) is 2. The maximum Gasteiger partial charge on any atom is 0.259 e. The Balaban J connectivity index is 1.91. The van der Waals surface area contributed by atoms with Crippen molar-refractivity contribution in [3.8, 4) is 11.5 Å². The summed E-state index contributed by atoms with van der Waals surface area (Å²) in [6.45, 7) is 0.0959. The number of hydrogen-bond donors (Lipinski definition) is 2. The Morgan fingerprint density at radius 3 is 2.48 bits per heavy atom. The van der Waals surface area contributed by atoms with E-state index in [0.29, 0.717) is 22.1 Å². The van der Waals surface area contributed by atoms with Gasteiger partial charge in [0.25, 0.3) is 5.91 Å². The number of carbonyl (C=O) groups excluding carboxylic acids is 1. The number of carbonyl (C=O) groups is 1. The lowest BCUT2D eigenvalue weighted by Gasteiger charge is -2.09. The first kappa shape index (κ1) is 19.1. The van der Waals surface area contributed by atoms with Crippen LogP contribution < -0.4 is 20.2 Å². The van der Waals surface area contributed by atoms with Gasteiger partial charge in [-0.15, -0.1) is 0 Å². The van der Waals surface area contributed by atoms with Crippen molar-refractivity contribution in [2.75, 3.05) is 26.1 Å². The highest BCUT2D eigenvalue weighted by atomic mass is 79.9. The van der Waals surface area contributed by atoms with Crippen LogP contribution >= 0.6 is 27.5 Å². The van der Waals surface area contributed by atoms with Crippen LogP contribution in [0.3, 0.4) is 0 Å². The van der Waals surface area contributed by atoms with Crippen LogP contribution in [0.4, 0.5) is 5.69 Å². The maximum absolute atomic E-state index is 11.8. The van der Waals surface area contributed by atoms with Crippen LogP contribution in [0.25, 0.3) is 0 Å². The van der Waals surface area contributed by atoms with Crippen molar-refractivity contribution in [3.05, 3.63) is 51.5 Å². The second-order valence-corrected chi connectivity index (χ2v) is 6.21. The Morgan fingerprint density at radius 2 is 1.84 bits per heavy atom. The molecule has 0 aliphatic rings. The van der Waals surface area contributed by atoms with Gasteiger partial charge in [-0.3, -0.25) is 4.79 Å². The zero-order chi connectivity index (χ0) is 18.2. The summed E-state index contributed by atoms with van der Waals surface area (Å²) in [5, 5.41) is 7.34. The predicted octanol–water partition coefficient (Wildman–Crippen LogP) is 3.68. The molecule has 0 heterocycles. The van der Waals surface area contributed by atoms with Crippen LogP contribution in [-0.2, 0) is 4.79 Å². The minimum absolute atomic E-state index is 0.0959. The third-order valence-corrected chi connectivity index (χ3v) is 4.05. The number of hydrogen-bond acceptors (Lipinski definition) is 5. The highest BCUT2D eigenvalue weighted by molar-refractivity contribution is 9.10. The molecule has 0 radical (unpaired) electrons. The maximum atomic E-state index is 11.8. The van der Waals surface area contributed by atoms with Gasteiger partial charge >= 0.3 is 0 Å². The molecule has 6 nitrogen and oxygen atoms in total. The molecule has 0 aliphatic heterocycles. The van der Waals surface area contributed by atoms with Gasteiger partial charge in [-0.2, -0.15) is 5.10 Å². The Labute approximate surface area is 159 Å². The average molecular weight is 427 g/mol. The molecule has 8 heteroatoms. The molecule has 0 atom stereocenters. The van der Waals surface area contributed by atoms with Gasteiger partial charge in [0.2, 0.25) is 0 Å². The molecule has 0 spiro atoms. The fourth-order valence-electron chi connectivity index (χ4n) is 1.93. The Kier molecular flexibility index (Phi) is 7.09. The topological polar surface area (TPSA) is 72.0 Å². The van der Waals surface area contributed by atoms with E-state index in [0.717, 1.165) is 10.2 Å². The molecule has 2 rings (SSSR count). The van der Waals surface area contributed by atoms with Gasteiger partial charge in [-0.05, 0) is 30.3 Å². The van der Waals surface area contributed by atoms with Crippen molar-refractivity contribution in [2.24, 2.45) is 5.10 Å². The van der Waals surface area contributed by atoms with Gasteiger partial charge in [0, 0.05) is 21.8 Å².